The fourth-order valence-electron chi connectivity index (χ4n) is 11.8. The average molecular weight is 888 g/mol. The number of nitrogens with zero attached hydrogens (tertiary/aromatic N) is 1. The molecule has 10 aromatic rings. The van der Waals surface area contributed by atoms with Crippen molar-refractivity contribution in [2.75, 3.05) is 4.90 Å². The molecule has 0 heterocycles. The van der Waals surface area contributed by atoms with Gasteiger partial charge in [0, 0.05) is 27.8 Å². The lowest BCUT2D eigenvalue weighted by atomic mass is 9.81. The highest BCUT2D eigenvalue weighted by atomic mass is 15.1. The Hall–Kier alpha value is -7.74. The normalized spacial score (nSPS) is 14.0. The maximum Gasteiger partial charge on any atom is 0.0546 e. The van der Waals surface area contributed by atoms with Crippen LogP contribution in [0.3, 0.4) is 0 Å². The molecule has 0 aromatic heterocycles. The Morgan fingerprint density at radius 2 is 0.870 bits per heavy atom. The maximum absolute atomic E-state index is 2.54. The summed E-state index contributed by atoms with van der Waals surface area (Å²) in [5.74, 6) is 0. The third kappa shape index (κ3) is 6.81. The molecule has 69 heavy (non-hydrogen) atoms. The predicted molar refractivity (Wildman–Crippen MR) is 294 cm³/mol. The largest absolute Gasteiger partial charge is 0.310 e. The molecule has 334 valence electrons. The van der Waals surface area contributed by atoms with Crippen molar-refractivity contribution in [3.05, 3.63) is 246 Å². The van der Waals surface area contributed by atoms with E-state index in [1.807, 2.05) is 0 Å². The van der Waals surface area contributed by atoms with E-state index in [1.165, 1.54) is 105 Å². The van der Waals surface area contributed by atoms with Crippen molar-refractivity contribution in [1.82, 2.24) is 0 Å². The molecule has 0 fully saturated rings. The van der Waals surface area contributed by atoms with Gasteiger partial charge in [-0.05, 0) is 136 Å². The molecule has 0 unspecified atom stereocenters. The predicted octanol–water partition coefficient (Wildman–Crippen LogP) is 18.9. The molecule has 1 heteroatoms. The zero-order valence-electron chi connectivity index (χ0n) is 40.7. The number of benzene rings is 10. The highest BCUT2D eigenvalue weighted by Crippen LogP contribution is 2.56. The molecule has 2 aliphatic carbocycles. The Balaban J connectivity index is 1.14. The SMILES string of the molecule is CC(C)(C)c1ccc(-c2ccc(N(c3ccc4c(c3)-c3ccccc3C4(C)C)c3ccc4ccccc4c3-c3ccccc3-c3cccc4c3-c3ccccc3C4(C)C)cc2-c2ccccc2)cc1. The van der Waals surface area contributed by atoms with Gasteiger partial charge in [-0.2, -0.15) is 0 Å². The molecular weight excluding hydrogens is 831 g/mol. The first kappa shape index (κ1) is 42.6. The Morgan fingerprint density at radius 3 is 1.61 bits per heavy atom. The van der Waals surface area contributed by atoms with Crippen molar-refractivity contribution >= 4 is 27.8 Å². The number of hydrogen-bond donors (Lipinski definition) is 0. The molecular formula is C68H57N. The summed E-state index contributed by atoms with van der Waals surface area (Å²) in [7, 11) is 0. The molecule has 0 saturated carbocycles. The fraction of sp³-hybridized carbons (Fsp3) is 0.147. The number of fused-ring (bicyclic) bond motifs is 7. The second-order valence-corrected chi connectivity index (χ2v) is 21.3. The van der Waals surface area contributed by atoms with E-state index in [-0.39, 0.29) is 16.2 Å². The van der Waals surface area contributed by atoms with Gasteiger partial charge in [0.15, 0.2) is 0 Å². The van der Waals surface area contributed by atoms with Crippen LogP contribution in [-0.4, -0.2) is 0 Å². The van der Waals surface area contributed by atoms with E-state index in [2.05, 4.69) is 272 Å². The average Bonchev–Trinajstić information content (AvgIpc) is 3.75. The molecule has 1 nitrogen and oxygen atoms in total. The van der Waals surface area contributed by atoms with E-state index in [4.69, 9.17) is 0 Å². The third-order valence-corrected chi connectivity index (χ3v) is 15.5. The van der Waals surface area contributed by atoms with E-state index in [1.54, 1.807) is 0 Å². The lowest BCUT2D eigenvalue weighted by Crippen LogP contribution is -2.15. The minimum Gasteiger partial charge on any atom is -0.310 e. The van der Waals surface area contributed by atoms with Crippen LogP contribution >= 0.6 is 0 Å². The van der Waals surface area contributed by atoms with Crippen LogP contribution in [0.2, 0.25) is 0 Å². The highest BCUT2D eigenvalue weighted by Gasteiger charge is 2.38. The first-order valence-corrected chi connectivity index (χ1v) is 24.6. The fourth-order valence-corrected chi connectivity index (χ4v) is 11.8. The summed E-state index contributed by atoms with van der Waals surface area (Å²) in [5, 5.41) is 2.42. The van der Waals surface area contributed by atoms with Crippen LogP contribution in [0.4, 0.5) is 17.1 Å². The number of anilines is 3. The maximum atomic E-state index is 2.54. The highest BCUT2D eigenvalue weighted by molar-refractivity contribution is 6.10. The van der Waals surface area contributed by atoms with Crippen LogP contribution in [0.5, 0.6) is 0 Å². The summed E-state index contributed by atoms with van der Waals surface area (Å²) in [5.41, 5.74) is 24.9. The Kier molecular flexibility index (Phi) is 9.84. The smallest absolute Gasteiger partial charge is 0.0546 e. The summed E-state index contributed by atoms with van der Waals surface area (Å²) in [6.45, 7) is 16.3. The van der Waals surface area contributed by atoms with Crippen molar-refractivity contribution in [2.45, 2.75) is 64.7 Å². The molecule has 0 aliphatic heterocycles. The first-order chi connectivity index (χ1) is 33.4. The van der Waals surface area contributed by atoms with Crippen LogP contribution in [0.25, 0.3) is 77.5 Å². The van der Waals surface area contributed by atoms with Crippen LogP contribution in [0.1, 0.15) is 76.3 Å². The Labute approximate surface area is 408 Å². The van der Waals surface area contributed by atoms with Gasteiger partial charge >= 0.3 is 0 Å². The summed E-state index contributed by atoms with van der Waals surface area (Å²) in [6.07, 6.45) is 0. The van der Waals surface area contributed by atoms with E-state index < -0.39 is 0 Å². The number of hydrogen-bond acceptors (Lipinski definition) is 1. The van der Waals surface area contributed by atoms with Crippen molar-refractivity contribution in [3.63, 3.8) is 0 Å². The lowest BCUT2D eigenvalue weighted by molar-refractivity contribution is 0.590. The third-order valence-electron chi connectivity index (χ3n) is 15.5. The molecule has 0 N–H and O–H groups in total. The van der Waals surface area contributed by atoms with Crippen LogP contribution < -0.4 is 4.90 Å². The lowest BCUT2D eigenvalue weighted by Gasteiger charge is -2.31. The van der Waals surface area contributed by atoms with Crippen molar-refractivity contribution in [3.8, 4) is 66.8 Å². The van der Waals surface area contributed by atoms with Crippen LogP contribution in [-0.2, 0) is 16.2 Å². The van der Waals surface area contributed by atoms with Crippen molar-refractivity contribution in [1.29, 1.82) is 0 Å². The minimum atomic E-state index is -0.115. The van der Waals surface area contributed by atoms with E-state index in [0.29, 0.717) is 0 Å². The first-order valence-electron chi connectivity index (χ1n) is 24.6. The summed E-state index contributed by atoms with van der Waals surface area (Å²) < 4.78 is 0. The summed E-state index contributed by atoms with van der Waals surface area (Å²) in [6, 6.07) is 82.2. The van der Waals surface area contributed by atoms with Gasteiger partial charge in [0.05, 0.1) is 5.69 Å². The summed E-state index contributed by atoms with van der Waals surface area (Å²) >= 11 is 0. The molecule has 10 aromatic carbocycles. The van der Waals surface area contributed by atoms with Crippen LogP contribution in [0.15, 0.2) is 218 Å². The molecule has 0 saturated heterocycles. The zero-order chi connectivity index (χ0) is 47.2. The molecule has 0 radical (unpaired) electrons. The molecule has 0 spiro atoms. The van der Waals surface area contributed by atoms with Gasteiger partial charge in [0.1, 0.15) is 0 Å². The van der Waals surface area contributed by atoms with E-state index >= 15 is 0 Å². The van der Waals surface area contributed by atoms with Gasteiger partial charge in [0.2, 0.25) is 0 Å². The van der Waals surface area contributed by atoms with Crippen molar-refractivity contribution in [2.24, 2.45) is 0 Å². The van der Waals surface area contributed by atoms with Gasteiger partial charge < -0.3 is 4.90 Å². The molecule has 12 rings (SSSR count). The van der Waals surface area contributed by atoms with Gasteiger partial charge in [-0.1, -0.05) is 237 Å². The topological polar surface area (TPSA) is 3.24 Å². The quantitative estimate of drug-likeness (QED) is 0.154. The van der Waals surface area contributed by atoms with Gasteiger partial charge in [-0.3, -0.25) is 0 Å². The molecule has 0 bridgehead atoms. The molecule has 2 aliphatic rings. The standard InChI is InChI=1S/C68H57N/c1-66(2,3)47-35-32-46(33-36-47)50-39-37-48(42-57(50)44-20-9-8-10-21-44)69(49-38-40-61-58(43-49)53-25-15-17-29-59(53)67(61,4)5)63-41-34-45-22-11-12-23-51(45)65(63)55-26-14-13-24-52(55)54-28-19-31-62-64(54)56-27-16-18-30-60(56)68(62,6)7/h8-43H,1-7H3. The summed E-state index contributed by atoms with van der Waals surface area (Å²) in [4.78, 5) is 2.54. The van der Waals surface area contributed by atoms with Gasteiger partial charge in [-0.15, -0.1) is 0 Å². The van der Waals surface area contributed by atoms with Gasteiger partial charge in [-0.25, -0.2) is 0 Å². The van der Waals surface area contributed by atoms with Gasteiger partial charge in [0.25, 0.3) is 0 Å². The van der Waals surface area contributed by atoms with Crippen LogP contribution in [0, 0.1) is 0 Å². The second kappa shape index (κ2) is 15.9. The van der Waals surface area contributed by atoms with E-state index in [0.717, 1.165) is 17.1 Å². The Morgan fingerprint density at radius 1 is 0.333 bits per heavy atom. The zero-order valence-corrected chi connectivity index (χ0v) is 40.7. The molecule has 0 amide bonds. The second-order valence-electron chi connectivity index (χ2n) is 21.3. The Bertz CT molecular complexity index is 3640. The molecule has 0 atom stereocenters. The van der Waals surface area contributed by atoms with E-state index in [9.17, 15) is 0 Å². The number of rotatable bonds is 7. The minimum absolute atomic E-state index is 0.0640. The van der Waals surface area contributed by atoms with Crippen molar-refractivity contribution < 1.29 is 0 Å². The monoisotopic (exact) mass is 887 g/mol.